The summed E-state index contributed by atoms with van der Waals surface area (Å²) in [5.41, 5.74) is 1.63. The van der Waals surface area contributed by atoms with Crippen molar-refractivity contribution in [2.75, 3.05) is 19.5 Å². The van der Waals surface area contributed by atoms with Gasteiger partial charge in [0.1, 0.15) is 11.6 Å². The quantitative estimate of drug-likeness (QED) is 0.312. The molecule has 0 atom stereocenters. The Morgan fingerprint density at radius 3 is 2.56 bits per heavy atom. The third-order valence-electron chi connectivity index (χ3n) is 4.74. The second-order valence-corrected chi connectivity index (χ2v) is 8.15. The number of hydrogen-bond donors (Lipinski definition) is 1. The molecule has 34 heavy (non-hydrogen) atoms. The summed E-state index contributed by atoms with van der Waals surface area (Å²) in [5, 5.41) is 5.75. The van der Waals surface area contributed by atoms with E-state index in [-0.39, 0.29) is 23.6 Å². The van der Waals surface area contributed by atoms with Crippen molar-refractivity contribution < 1.29 is 28.2 Å². The number of halogens is 1. The molecular formula is C24H19ClN2O6S. The molecule has 0 aliphatic rings. The maximum atomic E-state index is 13.0. The maximum Gasteiger partial charge on any atom is 0.340 e. The zero-order valence-corrected chi connectivity index (χ0v) is 19.7. The van der Waals surface area contributed by atoms with Gasteiger partial charge < -0.3 is 23.9 Å². The maximum absolute atomic E-state index is 13.0. The minimum absolute atomic E-state index is 0.0697. The molecule has 1 N–H and O–H groups in total. The van der Waals surface area contributed by atoms with Crippen LogP contribution in [0, 0.1) is 0 Å². The SMILES string of the molecule is COc1cc(NC(=O)c2ccco2)c(C(=O)OCc2csc(-c3ccccc3Cl)n2)cc1OC. The van der Waals surface area contributed by atoms with Crippen LogP contribution in [0.3, 0.4) is 0 Å². The fourth-order valence-corrected chi connectivity index (χ4v) is 4.22. The predicted molar refractivity (Wildman–Crippen MR) is 128 cm³/mol. The zero-order chi connectivity index (χ0) is 24.1. The van der Waals surface area contributed by atoms with Crippen molar-refractivity contribution in [1.29, 1.82) is 0 Å². The van der Waals surface area contributed by atoms with Crippen LogP contribution in [0.1, 0.15) is 26.6 Å². The van der Waals surface area contributed by atoms with Gasteiger partial charge in [0.25, 0.3) is 5.91 Å². The summed E-state index contributed by atoms with van der Waals surface area (Å²) in [7, 11) is 2.90. The van der Waals surface area contributed by atoms with Crippen LogP contribution in [0.4, 0.5) is 5.69 Å². The first-order chi connectivity index (χ1) is 16.5. The van der Waals surface area contributed by atoms with E-state index < -0.39 is 11.9 Å². The van der Waals surface area contributed by atoms with E-state index in [1.807, 2.05) is 18.2 Å². The molecule has 2 aromatic heterocycles. The van der Waals surface area contributed by atoms with Crippen molar-refractivity contribution in [2.24, 2.45) is 0 Å². The van der Waals surface area contributed by atoms with Gasteiger partial charge in [0.2, 0.25) is 0 Å². The molecule has 0 saturated heterocycles. The summed E-state index contributed by atoms with van der Waals surface area (Å²) in [6.07, 6.45) is 1.38. The Balaban J connectivity index is 1.55. The molecule has 10 heteroatoms. The lowest BCUT2D eigenvalue weighted by Crippen LogP contribution is -2.16. The molecule has 8 nitrogen and oxygen atoms in total. The van der Waals surface area contributed by atoms with Crippen molar-refractivity contribution in [3.05, 3.63) is 82.2 Å². The number of nitrogens with one attached hydrogen (secondary N) is 1. The van der Waals surface area contributed by atoms with Crippen LogP contribution in [0.25, 0.3) is 10.6 Å². The van der Waals surface area contributed by atoms with E-state index in [9.17, 15) is 9.59 Å². The van der Waals surface area contributed by atoms with E-state index in [0.29, 0.717) is 27.2 Å². The molecule has 4 rings (SSSR count). The van der Waals surface area contributed by atoms with Crippen LogP contribution < -0.4 is 14.8 Å². The molecule has 0 radical (unpaired) electrons. The Kier molecular flexibility index (Phi) is 7.15. The lowest BCUT2D eigenvalue weighted by Gasteiger charge is -2.14. The number of furan rings is 1. The number of anilines is 1. The van der Waals surface area contributed by atoms with E-state index >= 15 is 0 Å². The van der Waals surface area contributed by atoms with Crippen molar-refractivity contribution in [1.82, 2.24) is 4.98 Å². The number of hydrogen-bond acceptors (Lipinski definition) is 8. The molecule has 0 unspecified atom stereocenters. The summed E-state index contributed by atoms with van der Waals surface area (Å²) in [6, 6.07) is 13.4. The Bertz CT molecular complexity index is 1320. The lowest BCUT2D eigenvalue weighted by molar-refractivity contribution is 0.0469. The Morgan fingerprint density at radius 2 is 1.85 bits per heavy atom. The van der Waals surface area contributed by atoms with Gasteiger partial charge in [-0.25, -0.2) is 9.78 Å². The number of benzene rings is 2. The summed E-state index contributed by atoms with van der Waals surface area (Å²) in [4.78, 5) is 30.0. The highest BCUT2D eigenvalue weighted by atomic mass is 35.5. The monoisotopic (exact) mass is 498 g/mol. The number of esters is 1. The minimum Gasteiger partial charge on any atom is -0.493 e. The molecule has 0 bridgehead atoms. The molecule has 0 aliphatic carbocycles. The summed E-state index contributed by atoms with van der Waals surface area (Å²) in [5.74, 6) is -0.486. The van der Waals surface area contributed by atoms with Crippen molar-refractivity contribution in [3.8, 4) is 22.1 Å². The number of nitrogens with zero attached hydrogens (tertiary/aromatic N) is 1. The molecule has 2 heterocycles. The van der Waals surface area contributed by atoms with Gasteiger partial charge in [-0.1, -0.05) is 29.8 Å². The number of ether oxygens (including phenoxy) is 3. The molecule has 174 valence electrons. The topological polar surface area (TPSA) is 99.9 Å². The van der Waals surface area contributed by atoms with Gasteiger partial charge in [0.15, 0.2) is 17.3 Å². The Hall–Kier alpha value is -3.82. The molecular weight excluding hydrogens is 480 g/mol. The van der Waals surface area contributed by atoms with E-state index in [1.54, 1.807) is 17.5 Å². The predicted octanol–water partition coefficient (Wildman–Crippen LogP) is 5.68. The van der Waals surface area contributed by atoms with Crippen LogP contribution in [0.5, 0.6) is 11.5 Å². The van der Waals surface area contributed by atoms with Gasteiger partial charge >= 0.3 is 5.97 Å². The minimum atomic E-state index is -0.678. The smallest absolute Gasteiger partial charge is 0.340 e. The van der Waals surface area contributed by atoms with Gasteiger partial charge in [0.05, 0.1) is 42.5 Å². The largest absolute Gasteiger partial charge is 0.493 e. The average Bonchev–Trinajstić information content (AvgIpc) is 3.55. The number of carbonyl (C=O) groups excluding carboxylic acids is 2. The van der Waals surface area contributed by atoms with Gasteiger partial charge in [0, 0.05) is 23.1 Å². The molecule has 0 spiro atoms. The lowest BCUT2D eigenvalue weighted by atomic mass is 10.1. The van der Waals surface area contributed by atoms with Gasteiger partial charge in [-0.05, 0) is 18.2 Å². The molecule has 0 aliphatic heterocycles. The summed E-state index contributed by atoms with van der Waals surface area (Å²) in [6.45, 7) is -0.0697. The van der Waals surface area contributed by atoms with E-state index in [4.69, 9.17) is 30.2 Å². The van der Waals surface area contributed by atoms with Crippen molar-refractivity contribution in [3.63, 3.8) is 0 Å². The summed E-state index contributed by atoms with van der Waals surface area (Å²) >= 11 is 7.64. The number of methoxy groups -OCH3 is 2. The second kappa shape index (κ2) is 10.4. The van der Waals surface area contributed by atoms with Gasteiger partial charge in [-0.15, -0.1) is 11.3 Å². The van der Waals surface area contributed by atoms with Crippen LogP contribution in [0.2, 0.25) is 5.02 Å². The normalized spacial score (nSPS) is 10.6. The first-order valence-electron chi connectivity index (χ1n) is 9.97. The summed E-state index contributed by atoms with van der Waals surface area (Å²) < 4.78 is 21.2. The molecule has 2 aromatic carbocycles. The van der Waals surface area contributed by atoms with E-state index in [1.165, 1.54) is 50.0 Å². The molecule has 1 amide bonds. The number of aromatic nitrogens is 1. The third kappa shape index (κ3) is 5.05. The first-order valence-corrected chi connectivity index (χ1v) is 11.2. The second-order valence-electron chi connectivity index (χ2n) is 6.88. The van der Waals surface area contributed by atoms with Crippen molar-refractivity contribution >= 4 is 40.5 Å². The third-order valence-corrected chi connectivity index (χ3v) is 6.00. The Labute approximate surface area is 204 Å². The first kappa shape index (κ1) is 23.3. The van der Waals surface area contributed by atoms with Crippen molar-refractivity contribution in [2.45, 2.75) is 6.61 Å². The number of thiazole rings is 1. The fraction of sp³-hybridized carbons (Fsp3) is 0.125. The molecule has 0 saturated carbocycles. The van der Waals surface area contributed by atoms with Gasteiger partial charge in [-0.2, -0.15) is 0 Å². The van der Waals surface area contributed by atoms with Crippen LogP contribution in [0.15, 0.2) is 64.6 Å². The number of rotatable bonds is 8. The number of amides is 1. The van der Waals surface area contributed by atoms with Gasteiger partial charge in [-0.3, -0.25) is 4.79 Å². The van der Waals surface area contributed by atoms with Crippen LogP contribution in [-0.4, -0.2) is 31.1 Å². The van der Waals surface area contributed by atoms with Crippen LogP contribution in [-0.2, 0) is 11.3 Å². The van der Waals surface area contributed by atoms with Crippen LogP contribution >= 0.6 is 22.9 Å². The zero-order valence-electron chi connectivity index (χ0n) is 18.2. The fourth-order valence-electron chi connectivity index (χ4n) is 3.09. The highest BCUT2D eigenvalue weighted by Gasteiger charge is 2.21. The highest BCUT2D eigenvalue weighted by molar-refractivity contribution is 7.13. The Morgan fingerprint density at radius 1 is 1.09 bits per heavy atom. The highest BCUT2D eigenvalue weighted by Crippen LogP contribution is 2.34. The molecule has 0 fully saturated rings. The number of carbonyl (C=O) groups is 2. The standard InChI is InChI=1S/C24H19ClN2O6S/c1-30-20-10-16(18(11-21(20)31-2)27-22(28)19-8-5-9-32-19)24(29)33-12-14-13-34-23(26-14)15-6-3-4-7-17(15)25/h3-11,13H,12H2,1-2H3,(H,27,28). The molecule has 4 aromatic rings. The average molecular weight is 499 g/mol. The van der Waals surface area contributed by atoms with E-state index in [2.05, 4.69) is 10.3 Å². The van der Waals surface area contributed by atoms with E-state index in [0.717, 1.165) is 5.56 Å².